The maximum Gasteiger partial charge on any atom is 0.272 e. The Kier molecular flexibility index (Phi) is 11.6. The molecule has 0 radical (unpaired) electrons. The molecule has 9 heteroatoms. The van der Waals surface area contributed by atoms with Gasteiger partial charge >= 0.3 is 0 Å². The van der Waals surface area contributed by atoms with Crippen LogP contribution in [0.2, 0.25) is 0 Å². The highest BCUT2D eigenvalue weighted by Gasteiger charge is 2.24. The highest BCUT2D eigenvalue weighted by atomic mass is 32.2. The van der Waals surface area contributed by atoms with Crippen LogP contribution in [0.3, 0.4) is 0 Å². The first-order valence-corrected chi connectivity index (χ1v) is 20.3. The molecule has 0 saturated carbocycles. The van der Waals surface area contributed by atoms with Crippen LogP contribution < -0.4 is 16.0 Å². The van der Waals surface area contributed by atoms with E-state index in [1.807, 2.05) is 133 Å². The summed E-state index contributed by atoms with van der Waals surface area (Å²) in [5, 5.41) is 12.9. The zero-order chi connectivity index (χ0) is 39.7. The van der Waals surface area contributed by atoms with Crippen molar-refractivity contribution < 1.29 is 14.4 Å². The van der Waals surface area contributed by atoms with E-state index in [0.717, 1.165) is 49.2 Å². The predicted octanol–water partition coefficient (Wildman–Crippen LogP) is 11.5. The number of anilines is 2. The molecule has 58 heavy (non-hydrogen) atoms. The molecule has 0 aliphatic heterocycles. The number of hydrogen-bond donors (Lipinski definition) is 3. The molecule has 0 bridgehead atoms. The van der Waals surface area contributed by atoms with Crippen molar-refractivity contribution in [2.45, 2.75) is 10.1 Å². The normalized spacial score (nSPS) is 11.8. The van der Waals surface area contributed by atoms with Crippen LogP contribution in [0.4, 0.5) is 10.8 Å². The highest BCUT2D eigenvalue weighted by molar-refractivity contribution is 8.00. The van der Waals surface area contributed by atoms with Crippen LogP contribution in [0.25, 0.3) is 39.2 Å². The van der Waals surface area contributed by atoms with Crippen LogP contribution in [0.1, 0.15) is 26.7 Å². The van der Waals surface area contributed by atoms with Crippen molar-refractivity contribution in [3.63, 3.8) is 0 Å². The van der Waals surface area contributed by atoms with E-state index in [2.05, 4.69) is 40.2 Å². The first-order valence-electron chi connectivity index (χ1n) is 18.6. The second-order valence-corrected chi connectivity index (χ2v) is 15.4. The molecule has 8 rings (SSSR count). The summed E-state index contributed by atoms with van der Waals surface area (Å²) >= 11 is 2.74. The van der Waals surface area contributed by atoms with Crippen molar-refractivity contribution in [1.82, 2.24) is 10.3 Å². The zero-order valence-corrected chi connectivity index (χ0v) is 32.7. The van der Waals surface area contributed by atoms with E-state index >= 15 is 0 Å². The van der Waals surface area contributed by atoms with Gasteiger partial charge in [0.2, 0.25) is 5.91 Å². The summed E-state index contributed by atoms with van der Waals surface area (Å²) in [4.78, 5) is 46.7. The van der Waals surface area contributed by atoms with Crippen LogP contribution in [0.5, 0.6) is 0 Å². The molecule has 7 aromatic carbocycles. The van der Waals surface area contributed by atoms with Crippen molar-refractivity contribution in [2.75, 3.05) is 10.6 Å². The Morgan fingerprint density at radius 2 is 1.26 bits per heavy atom. The summed E-state index contributed by atoms with van der Waals surface area (Å²) in [5.74, 6) is -1.13. The number of nitrogens with zero attached hydrogens (tertiary/aromatic N) is 1. The van der Waals surface area contributed by atoms with Gasteiger partial charge in [-0.25, -0.2) is 4.98 Å². The number of amides is 3. The van der Waals surface area contributed by atoms with Gasteiger partial charge in [0.15, 0.2) is 5.13 Å². The fourth-order valence-corrected chi connectivity index (χ4v) is 8.18. The lowest BCUT2D eigenvalue weighted by Gasteiger charge is -2.17. The standard InChI is InChI=1S/C49H36N4O3S2/c54-46(38-18-8-3-9-19-38)51-43(29-33-23-25-36(26-24-33)34-13-4-1-5-14-34)47(55)50-41-21-12-22-42(31-41)58-45(37-16-6-2-7-17-37)48(56)53-49-52-44(32-57-49)40-28-27-35-15-10-11-20-39(35)30-40/h1-32,45H,(H,50,55)(H,51,54)(H,52,53,56)/b43-29+. The Morgan fingerprint density at radius 1 is 0.603 bits per heavy atom. The summed E-state index contributed by atoms with van der Waals surface area (Å²) in [6.45, 7) is 0. The van der Waals surface area contributed by atoms with Crippen LogP contribution in [-0.4, -0.2) is 22.7 Å². The summed E-state index contributed by atoms with van der Waals surface area (Å²) in [6, 6.07) is 57.8. The Bertz CT molecular complexity index is 2740. The summed E-state index contributed by atoms with van der Waals surface area (Å²) in [6.07, 6.45) is 1.66. The quantitative estimate of drug-likeness (QED) is 0.0845. The maximum absolute atomic E-state index is 14.0. The van der Waals surface area contributed by atoms with Gasteiger partial charge in [0.1, 0.15) is 10.9 Å². The first kappa shape index (κ1) is 37.8. The van der Waals surface area contributed by atoms with Gasteiger partial charge in [0, 0.05) is 27.1 Å². The van der Waals surface area contributed by atoms with Gasteiger partial charge in [0.25, 0.3) is 11.8 Å². The molecule has 1 atom stereocenters. The summed E-state index contributed by atoms with van der Waals surface area (Å²) in [7, 11) is 0. The second kappa shape index (κ2) is 17.8. The van der Waals surface area contributed by atoms with Crippen molar-refractivity contribution in [2.24, 2.45) is 0 Å². The molecule has 1 aromatic heterocycles. The van der Waals surface area contributed by atoms with Gasteiger partial charge in [-0.15, -0.1) is 23.1 Å². The van der Waals surface area contributed by atoms with Crippen LogP contribution in [-0.2, 0) is 9.59 Å². The molecule has 282 valence electrons. The molecule has 3 N–H and O–H groups in total. The Morgan fingerprint density at radius 3 is 2.02 bits per heavy atom. The lowest BCUT2D eigenvalue weighted by atomic mass is 10.0. The number of benzene rings is 7. The smallest absolute Gasteiger partial charge is 0.272 e. The minimum atomic E-state index is -0.625. The summed E-state index contributed by atoms with van der Waals surface area (Å²) in [5.41, 5.74) is 6.43. The van der Waals surface area contributed by atoms with Gasteiger partial charge in [-0.05, 0) is 75.5 Å². The van der Waals surface area contributed by atoms with E-state index in [-0.39, 0.29) is 11.6 Å². The zero-order valence-electron chi connectivity index (χ0n) is 31.0. The SMILES string of the molecule is O=C(Nc1cccc(SC(C(=O)Nc2nc(-c3ccc4ccccc4c3)cs2)c2ccccc2)c1)/C(=C\c1ccc(-c2ccccc2)cc1)NC(=O)c1ccccc1. The number of thioether (sulfide) groups is 1. The van der Waals surface area contributed by atoms with E-state index in [0.29, 0.717) is 16.4 Å². The number of aromatic nitrogens is 1. The lowest BCUT2D eigenvalue weighted by molar-refractivity contribution is -0.116. The van der Waals surface area contributed by atoms with E-state index in [1.165, 1.54) is 23.1 Å². The van der Waals surface area contributed by atoms with E-state index < -0.39 is 17.1 Å². The topological polar surface area (TPSA) is 100 Å². The van der Waals surface area contributed by atoms with E-state index in [9.17, 15) is 14.4 Å². The Balaban J connectivity index is 1.01. The minimum absolute atomic E-state index is 0.0763. The molecule has 0 spiro atoms. The van der Waals surface area contributed by atoms with Crippen molar-refractivity contribution in [3.05, 3.63) is 210 Å². The fourth-order valence-electron chi connectivity index (χ4n) is 6.38. The van der Waals surface area contributed by atoms with Crippen molar-refractivity contribution in [1.29, 1.82) is 0 Å². The number of carbonyl (C=O) groups is 3. The van der Waals surface area contributed by atoms with E-state index in [1.54, 1.807) is 36.4 Å². The van der Waals surface area contributed by atoms with Gasteiger partial charge in [-0.2, -0.15) is 0 Å². The van der Waals surface area contributed by atoms with Gasteiger partial charge in [0.05, 0.1) is 5.69 Å². The third kappa shape index (κ3) is 9.30. The minimum Gasteiger partial charge on any atom is -0.321 e. The predicted molar refractivity (Wildman–Crippen MR) is 238 cm³/mol. The van der Waals surface area contributed by atoms with E-state index in [4.69, 9.17) is 4.98 Å². The number of carbonyl (C=O) groups excluding carboxylic acids is 3. The molecule has 0 aliphatic carbocycles. The summed E-state index contributed by atoms with van der Waals surface area (Å²) < 4.78 is 0. The number of nitrogens with one attached hydrogen (secondary N) is 3. The van der Waals surface area contributed by atoms with Gasteiger partial charge < -0.3 is 16.0 Å². The average Bonchev–Trinajstić information content (AvgIpc) is 3.74. The lowest BCUT2D eigenvalue weighted by Crippen LogP contribution is -2.30. The molecule has 7 nitrogen and oxygen atoms in total. The molecule has 8 aromatic rings. The molecular formula is C49H36N4O3S2. The van der Waals surface area contributed by atoms with Gasteiger partial charge in [-0.3, -0.25) is 14.4 Å². The number of thiazole rings is 1. The van der Waals surface area contributed by atoms with Crippen molar-refractivity contribution >= 4 is 68.5 Å². The highest BCUT2D eigenvalue weighted by Crippen LogP contribution is 2.38. The van der Waals surface area contributed by atoms with Crippen molar-refractivity contribution in [3.8, 4) is 22.4 Å². The number of fused-ring (bicyclic) bond motifs is 1. The molecular weight excluding hydrogens is 757 g/mol. The van der Waals surface area contributed by atoms with Crippen LogP contribution in [0, 0.1) is 0 Å². The third-order valence-corrected chi connectivity index (χ3v) is 11.3. The third-order valence-electron chi connectivity index (χ3n) is 9.32. The molecule has 0 saturated heterocycles. The largest absolute Gasteiger partial charge is 0.321 e. The molecule has 0 fully saturated rings. The Hall–Kier alpha value is -7.07. The molecule has 3 amide bonds. The number of hydrogen-bond acceptors (Lipinski definition) is 6. The van der Waals surface area contributed by atoms with Gasteiger partial charge in [-0.1, -0.05) is 146 Å². The molecule has 1 heterocycles. The van der Waals surface area contributed by atoms with Crippen LogP contribution >= 0.6 is 23.1 Å². The fraction of sp³-hybridized carbons (Fsp3) is 0.0204. The Labute approximate surface area is 344 Å². The monoisotopic (exact) mass is 792 g/mol. The first-order chi connectivity index (χ1) is 28.4. The average molecular weight is 793 g/mol. The van der Waals surface area contributed by atoms with Crippen LogP contribution in [0.15, 0.2) is 198 Å². The number of rotatable bonds is 12. The second-order valence-electron chi connectivity index (χ2n) is 13.3. The molecule has 0 aliphatic rings. The maximum atomic E-state index is 14.0. The molecule has 1 unspecified atom stereocenters.